The van der Waals surface area contributed by atoms with Crippen molar-refractivity contribution in [3.63, 3.8) is 0 Å². The van der Waals surface area contributed by atoms with E-state index in [2.05, 4.69) is 19.6 Å². The van der Waals surface area contributed by atoms with Gasteiger partial charge in [0.15, 0.2) is 0 Å². The van der Waals surface area contributed by atoms with Gasteiger partial charge in [0, 0.05) is 21.1 Å². The molecule has 2 N–H and O–H groups in total. The first-order valence-electron chi connectivity index (χ1n) is 6.56. The molecule has 108 valence electrons. The van der Waals surface area contributed by atoms with Gasteiger partial charge in [-0.3, -0.25) is 4.79 Å². The van der Waals surface area contributed by atoms with E-state index in [1.165, 1.54) is 0 Å². The number of cyclic esters (lactones) is 1. The van der Waals surface area contributed by atoms with Crippen LogP contribution in [0, 0.1) is 0 Å². The molecule has 0 unspecified atom stereocenters. The van der Waals surface area contributed by atoms with Crippen LogP contribution < -0.4 is 5.73 Å². The lowest BCUT2D eigenvalue weighted by Gasteiger charge is -2.15. The van der Waals surface area contributed by atoms with Crippen LogP contribution in [0.2, 0.25) is 25.7 Å². The first-order chi connectivity index (χ1) is 8.78. The first-order valence-corrected chi connectivity index (χ1v) is 10.3. The summed E-state index contributed by atoms with van der Waals surface area (Å²) in [6, 6.07) is 1.07. The Bertz CT molecular complexity index is 373. The summed E-state index contributed by atoms with van der Waals surface area (Å²) in [5, 5.41) is 0. The molecule has 0 aliphatic carbocycles. The Hall–Kier alpha value is -1.14. The van der Waals surface area contributed by atoms with E-state index in [1.54, 1.807) is 6.08 Å². The average molecular weight is 285 g/mol. The zero-order valence-electron chi connectivity index (χ0n) is 11.9. The smallest absolute Gasteiger partial charge is 0.336 e. The highest BCUT2D eigenvalue weighted by Crippen LogP contribution is 2.18. The third-order valence-corrected chi connectivity index (χ3v) is 4.54. The molecule has 1 heterocycles. The fraction of sp³-hybridized carbons (Fsp3) is 0.692. The standard InChI is InChI=1S/C13H23NO4Si/c1-19(2,3)7-6-17-9-10-8-11(18-13(10)16)4-5-12(14)15/h8,11H,4-7,9H2,1-3H3,(H2,14,15)/t11-/m1/s1. The van der Waals surface area contributed by atoms with Crippen LogP contribution in [0.3, 0.4) is 0 Å². The molecule has 1 rings (SSSR count). The van der Waals surface area contributed by atoms with E-state index in [0.717, 1.165) is 6.04 Å². The number of nitrogens with two attached hydrogens (primary N) is 1. The van der Waals surface area contributed by atoms with Gasteiger partial charge in [-0.2, -0.15) is 0 Å². The average Bonchev–Trinajstić information content (AvgIpc) is 2.62. The van der Waals surface area contributed by atoms with Gasteiger partial charge in [-0.25, -0.2) is 4.79 Å². The van der Waals surface area contributed by atoms with Gasteiger partial charge in [0.25, 0.3) is 0 Å². The lowest BCUT2D eigenvalue weighted by atomic mass is 10.1. The molecular weight excluding hydrogens is 262 g/mol. The molecule has 0 aromatic carbocycles. The molecule has 6 heteroatoms. The van der Waals surface area contributed by atoms with Crippen LogP contribution >= 0.6 is 0 Å². The number of primary amides is 1. The van der Waals surface area contributed by atoms with E-state index in [4.69, 9.17) is 15.2 Å². The van der Waals surface area contributed by atoms with Crippen molar-refractivity contribution in [1.29, 1.82) is 0 Å². The van der Waals surface area contributed by atoms with Crippen LogP contribution in [0.1, 0.15) is 12.8 Å². The summed E-state index contributed by atoms with van der Waals surface area (Å²) in [5.74, 6) is -0.730. The van der Waals surface area contributed by atoms with Crippen LogP contribution in [-0.2, 0) is 19.1 Å². The molecule has 5 nitrogen and oxygen atoms in total. The van der Waals surface area contributed by atoms with Gasteiger partial charge in [-0.1, -0.05) is 19.6 Å². The zero-order valence-corrected chi connectivity index (χ0v) is 12.9. The number of hydrogen-bond acceptors (Lipinski definition) is 4. The summed E-state index contributed by atoms with van der Waals surface area (Å²) >= 11 is 0. The minimum absolute atomic E-state index is 0.220. The highest BCUT2D eigenvalue weighted by molar-refractivity contribution is 6.76. The normalized spacial score (nSPS) is 19.2. The van der Waals surface area contributed by atoms with Crippen molar-refractivity contribution in [3.05, 3.63) is 11.6 Å². The van der Waals surface area contributed by atoms with E-state index >= 15 is 0 Å². The van der Waals surface area contributed by atoms with Crippen molar-refractivity contribution in [3.8, 4) is 0 Å². The second kappa shape index (κ2) is 6.86. The van der Waals surface area contributed by atoms with Crippen molar-refractivity contribution in [2.75, 3.05) is 13.2 Å². The van der Waals surface area contributed by atoms with E-state index in [1.807, 2.05) is 0 Å². The molecule has 0 aromatic heterocycles. The fourth-order valence-corrected chi connectivity index (χ4v) is 2.39. The van der Waals surface area contributed by atoms with Crippen molar-refractivity contribution >= 4 is 20.0 Å². The maximum absolute atomic E-state index is 11.5. The van der Waals surface area contributed by atoms with E-state index < -0.39 is 8.07 Å². The van der Waals surface area contributed by atoms with E-state index in [-0.39, 0.29) is 31.0 Å². The summed E-state index contributed by atoms with van der Waals surface area (Å²) in [5.41, 5.74) is 5.60. The van der Waals surface area contributed by atoms with Gasteiger partial charge < -0.3 is 15.2 Å². The van der Waals surface area contributed by atoms with E-state index in [9.17, 15) is 9.59 Å². The van der Waals surface area contributed by atoms with Gasteiger partial charge in [0.2, 0.25) is 5.91 Å². The Kier molecular flexibility index (Phi) is 5.75. The minimum atomic E-state index is -1.10. The number of amides is 1. The molecule has 0 saturated carbocycles. The number of carbonyl (C=O) groups is 2. The molecule has 0 aromatic rings. The van der Waals surface area contributed by atoms with Crippen LogP contribution in [0.5, 0.6) is 0 Å². The Labute approximate surface area is 115 Å². The summed E-state index contributed by atoms with van der Waals surface area (Å²) in [7, 11) is -1.10. The van der Waals surface area contributed by atoms with E-state index in [0.29, 0.717) is 18.6 Å². The maximum Gasteiger partial charge on any atom is 0.336 e. The monoisotopic (exact) mass is 285 g/mol. The summed E-state index contributed by atoms with van der Waals surface area (Å²) in [6.07, 6.45) is 2.06. The molecule has 1 amide bonds. The second-order valence-electron chi connectivity index (χ2n) is 6.00. The van der Waals surface area contributed by atoms with Crippen molar-refractivity contribution in [1.82, 2.24) is 0 Å². The lowest BCUT2D eigenvalue weighted by Crippen LogP contribution is -2.22. The third kappa shape index (κ3) is 6.54. The number of esters is 1. The second-order valence-corrected chi connectivity index (χ2v) is 11.6. The summed E-state index contributed by atoms with van der Waals surface area (Å²) in [4.78, 5) is 22.2. The van der Waals surface area contributed by atoms with Gasteiger partial charge in [-0.05, 0) is 18.5 Å². The fourth-order valence-electron chi connectivity index (χ4n) is 1.63. The predicted molar refractivity (Wildman–Crippen MR) is 75.4 cm³/mol. The maximum atomic E-state index is 11.5. The SMILES string of the molecule is C[Si](C)(C)CCOCC1=C[C@@H](CCC(N)=O)OC1=O. The number of hydrogen-bond donors (Lipinski definition) is 1. The number of carbonyl (C=O) groups excluding carboxylic acids is 2. The van der Waals surface area contributed by atoms with Crippen LogP contribution in [-0.4, -0.2) is 39.3 Å². The molecule has 0 bridgehead atoms. The van der Waals surface area contributed by atoms with Crippen molar-refractivity contribution < 1.29 is 19.1 Å². The molecular formula is C13H23NO4Si. The van der Waals surface area contributed by atoms with Gasteiger partial charge >= 0.3 is 5.97 Å². The van der Waals surface area contributed by atoms with Crippen LogP contribution in [0.4, 0.5) is 0 Å². The van der Waals surface area contributed by atoms with Crippen molar-refractivity contribution in [2.24, 2.45) is 5.73 Å². The molecule has 0 radical (unpaired) electrons. The molecule has 0 saturated heterocycles. The molecule has 19 heavy (non-hydrogen) atoms. The number of ether oxygens (including phenoxy) is 2. The molecule has 1 atom stereocenters. The minimum Gasteiger partial charge on any atom is -0.455 e. The van der Waals surface area contributed by atoms with Crippen LogP contribution in [0.25, 0.3) is 0 Å². The van der Waals surface area contributed by atoms with Crippen LogP contribution in [0.15, 0.2) is 11.6 Å². The summed E-state index contributed by atoms with van der Waals surface area (Å²) in [6.45, 7) is 7.79. The Morgan fingerprint density at radius 1 is 1.47 bits per heavy atom. The quantitative estimate of drug-likeness (QED) is 0.416. The van der Waals surface area contributed by atoms with Crippen molar-refractivity contribution in [2.45, 2.75) is 44.6 Å². The topological polar surface area (TPSA) is 78.6 Å². The highest BCUT2D eigenvalue weighted by Gasteiger charge is 2.25. The van der Waals surface area contributed by atoms with Gasteiger partial charge in [0.05, 0.1) is 12.2 Å². The predicted octanol–water partition coefficient (Wildman–Crippen LogP) is 1.46. The Morgan fingerprint density at radius 2 is 2.16 bits per heavy atom. The third-order valence-electron chi connectivity index (χ3n) is 2.84. The molecule has 0 spiro atoms. The molecule has 1 aliphatic heterocycles. The molecule has 0 fully saturated rings. The molecule has 1 aliphatic rings. The Morgan fingerprint density at radius 3 is 2.74 bits per heavy atom. The lowest BCUT2D eigenvalue weighted by molar-refractivity contribution is -0.140. The highest BCUT2D eigenvalue weighted by atomic mass is 28.3. The van der Waals surface area contributed by atoms with Gasteiger partial charge in [-0.15, -0.1) is 0 Å². The largest absolute Gasteiger partial charge is 0.455 e. The summed E-state index contributed by atoms with van der Waals surface area (Å²) < 4.78 is 10.6. The van der Waals surface area contributed by atoms with Gasteiger partial charge in [0.1, 0.15) is 6.10 Å². The number of rotatable bonds is 8. The first kappa shape index (κ1) is 15.9. The zero-order chi connectivity index (χ0) is 14.5. The Balaban J connectivity index is 2.30.